The summed E-state index contributed by atoms with van der Waals surface area (Å²) in [5.41, 5.74) is 0. The average Bonchev–Trinajstić information content (AvgIpc) is 2.37. The zero-order valence-corrected chi connectivity index (χ0v) is 5.35. The number of hydrogen-bond donors (Lipinski definition) is 0. The Balaban J connectivity index is 2.90. The van der Waals surface area contributed by atoms with Gasteiger partial charge in [-0.25, -0.2) is 8.78 Å². The fraction of sp³-hybridized carbons (Fsp3) is 0.333. The molecule has 0 atom stereocenters. The molecule has 0 unspecified atom stereocenters. The second kappa shape index (κ2) is 2.56. The third kappa shape index (κ3) is 1.36. The summed E-state index contributed by atoms with van der Waals surface area (Å²) in [6.45, 7) is 0. The van der Waals surface area contributed by atoms with Crippen LogP contribution in [-0.4, -0.2) is 11.0 Å². The average molecular weight is 167 g/mol. The molecular formula is C6H5F4N. The maximum Gasteiger partial charge on any atom is 0.389 e. The highest BCUT2D eigenvalue weighted by atomic mass is 19.3. The number of alkyl halides is 4. The number of aromatic nitrogens is 1. The number of rotatable bonds is 2. The fourth-order valence-electron chi connectivity index (χ4n) is 0.646. The van der Waals surface area contributed by atoms with Crippen molar-refractivity contribution in [2.24, 2.45) is 0 Å². The van der Waals surface area contributed by atoms with E-state index in [4.69, 9.17) is 0 Å². The van der Waals surface area contributed by atoms with Crippen molar-refractivity contribution in [3.63, 3.8) is 0 Å². The van der Waals surface area contributed by atoms with Gasteiger partial charge in [-0.2, -0.15) is 8.78 Å². The molecule has 0 radical (unpaired) electrons. The second-order valence-corrected chi connectivity index (χ2v) is 1.98. The van der Waals surface area contributed by atoms with E-state index in [1.54, 1.807) is 0 Å². The Morgan fingerprint density at radius 1 is 1.09 bits per heavy atom. The second-order valence-electron chi connectivity index (χ2n) is 1.98. The molecule has 11 heavy (non-hydrogen) atoms. The van der Waals surface area contributed by atoms with Crippen molar-refractivity contribution < 1.29 is 17.6 Å². The molecule has 1 aromatic rings. The number of halogens is 4. The molecule has 0 aliphatic heterocycles. The molecule has 1 aromatic heterocycles. The molecular weight excluding hydrogens is 162 g/mol. The molecule has 0 saturated heterocycles. The van der Waals surface area contributed by atoms with Crippen molar-refractivity contribution in [1.29, 1.82) is 0 Å². The zero-order valence-electron chi connectivity index (χ0n) is 5.35. The SMILES string of the molecule is FC(F)C(F)(F)n1cccc1. The summed E-state index contributed by atoms with van der Waals surface area (Å²) in [5, 5.41) is 0. The Labute approximate surface area is 60.2 Å². The largest absolute Gasteiger partial charge is 0.389 e. The Kier molecular flexibility index (Phi) is 1.89. The maximum absolute atomic E-state index is 12.3. The molecule has 0 bridgehead atoms. The van der Waals surface area contributed by atoms with Gasteiger partial charge in [-0.15, -0.1) is 0 Å². The van der Waals surface area contributed by atoms with E-state index >= 15 is 0 Å². The van der Waals surface area contributed by atoms with Gasteiger partial charge >= 0.3 is 12.5 Å². The summed E-state index contributed by atoms with van der Waals surface area (Å²) in [7, 11) is 0. The summed E-state index contributed by atoms with van der Waals surface area (Å²) >= 11 is 0. The monoisotopic (exact) mass is 167 g/mol. The summed E-state index contributed by atoms with van der Waals surface area (Å²) in [4.78, 5) is 0. The van der Waals surface area contributed by atoms with Crippen LogP contribution in [0.5, 0.6) is 0 Å². The maximum atomic E-state index is 12.3. The summed E-state index contributed by atoms with van der Waals surface area (Å²) in [5.74, 6) is 0. The van der Waals surface area contributed by atoms with Gasteiger partial charge in [0.1, 0.15) is 0 Å². The predicted octanol–water partition coefficient (Wildman–Crippen LogP) is 2.30. The van der Waals surface area contributed by atoms with E-state index < -0.39 is 12.5 Å². The Morgan fingerprint density at radius 3 is 1.91 bits per heavy atom. The van der Waals surface area contributed by atoms with Gasteiger partial charge in [-0.05, 0) is 12.1 Å². The third-order valence-corrected chi connectivity index (χ3v) is 1.21. The van der Waals surface area contributed by atoms with Gasteiger partial charge in [-0.1, -0.05) is 0 Å². The molecule has 0 aliphatic rings. The molecule has 1 rings (SSSR count). The lowest BCUT2D eigenvalue weighted by atomic mass is 10.5. The van der Waals surface area contributed by atoms with Crippen molar-refractivity contribution in [2.75, 3.05) is 0 Å². The molecule has 1 heterocycles. The van der Waals surface area contributed by atoms with E-state index in [0.717, 1.165) is 12.4 Å². The summed E-state index contributed by atoms with van der Waals surface area (Å²) < 4.78 is 48.0. The van der Waals surface area contributed by atoms with E-state index in [9.17, 15) is 17.6 Å². The highest BCUT2D eigenvalue weighted by molar-refractivity contribution is 4.93. The Hall–Kier alpha value is -1.00. The first-order chi connectivity index (χ1) is 5.05. The molecule has 0 N–H and O–H groups in total. The van der Waals surface area contributed by atoms with Gasteiger partial charge in [0.15, 0.2) is 0 Å². The predicted molar refractivity (Wildman–Crippen MR) is 30.6 cm³/mol. The first kappa shape index (κ1) is 8.10. The molecule has 5 heteroatoms. The Bertz CT molecular complexity index is 216. The van der Waals surface area contributed by atoms with Crippen LogP contribution in [0.3, 0.4) is 0 Å². The van der Waals surface area contributed by atoms with Crippen LogP contribution in [0.15, 0.2) is 24.5 Å². The lowest BCUT2D eigenvalue weighted by molar-refractivity contribution is -0.189. The van der Waals surface area contributed by atoms with Gasteiger partial charge in [-0.3, -0.25) is 4.57 Å². The van der Waals surface area contributed by atoms with Crippen molar-refractivity contribution in [3.8, 4) is 0 Å². The van der Waals surface area contributed by atoms with Crippen LogP contribution in [0.25, 0.3) is 0 Å². The first-order valence-electron chi connectivity index (χ1n) is 2.84. The van der Waals surface area contributed by atoms with E-state index in [1.807, 2.05) is 0 Å². The first-order valence-corrected chi connectivity index (χ1v) is 2.84. The van der Waals surface area contributed by atoms with Gasteiger partial charge < -0.3 is 0 Å². The third-order valence-electron chi connectivity index (χ3n) is 1.21. The number of hydrogen-bond acceptors (Lipinski definition) is 0. The Morgan fingerprint density at radius 2 is 1.55 bits per heavy atom. The molecule has 0 amide bonds. The van der Waals surface area contributed by atoms with Crippen molar-refractivity contribution >= 4 is 0 Å². The molecule has 1 nitrogen and oxygen atoms in total. The van der Waals surface area contributed by atoms with E-state index in [-0.39, 0.29) is 4.57 Å². The molecule has 0 fully saturated rings. The summed E-state index contributed by atoms with van der Waals surface area (Å²) in [6, 6.07) is -1.57. The van der Waals surface area contributed by atoms with E-state index in [0.29, 0.717) is 0 Å². The standard InChI is InChI=1S/C6H5F4N/c7-5(8)6(9,10)11-3-1-2-4-11/h1-5H. The van der Waals surface area contributed by atoms with Gasteiger partial charge in [0.2, 0.25) is 0 Å². The van der Waals surface area contributed by atoms with Gasteiger partial charge in [0.05, 0.1) is 0 Å². The summed E-state index contributed by atoms with van der Waals surface area (Å²) in [6.07, 6.45) is -1.88. The van der Waals surface area contributed by atoms with Gasteiger partial charge in [0.25, 0.3) is 0 Å². The van der Waals surface area contributed by atoms with Gasteiger partial charge in [0, 0.05) is 12.4 Å². The molecule has 62 valence electrons. The smallest absolute Gasteiger partial charge is 0.291 e. The topological polar surface area (TPSA) is 4.93 Å². The van der Waals surface area contributed by atoms with Crippen LogP contribution in [0.1, 0.15) is 0 Å². The van der Waals surface area contributed by atoms with Crippen LogP contribution in [-0.2, 0) is 6.05 Å². The van der Waals surface area contributed by atoms with Crippen LogP contribution < -0.4 is 0 Å². The molecule has 0 spiro atoms. The van der Waals surface area contributed by atoms with Crippen LogP contribution in [0.2, 0.25) is 0 Å². The minimum Gasteiger partial charge on any atom is -0.291 e. The zero-order chi connectivity index (χ0) is 8.48. The van der Waals surface area contributed by atoms with Crippen molar-refractivity contribution in [3.05, 3.63) is 24.5 Å². The quantitative estimate of drug-likeness (QED) is 0.595. The normalized spacial score (nSPS) is 12.5. The minimum atomic E-state index is -4.09. The van der Waals surface area contributed by atoms with Crippen molar-refractivity contribution in [1.82, 2.24) is 4.57 Å². The van der Waals surface area contributed by atoms with Crippen LogP contribution >= 0.6 is 0 Å². The highest BCUT2D eigenvalue weighted by Gasteiger charge is 2.41. The van der Waals surface area contributed by atoms with E-state index in [1.165, 1.54) is 12.1 Å². The highest BCUT2D eigenvalue weighted by Crippen LogP contribution is 2.28. The molecule has 0 aromatic carbocycles. The molecule has 0 saturated carbocycles. The fourth-order valence-corrected chi connectivity index (χ4v) is 0.646. The van der Waals surface area contributed by atoms with Crippen LogP contribution in [0.4, 0.5) is 17.6 Å². The lowest BCUT2D eigenvalue weighted by Gasteiger charge is -2.16. The lowest BCUT2D eigenvalue weighted by Crippen LogP contribution is -2.29. The van der Waals surface area contributed by atoms with Crippen molar-refractivity contribution in [2.45, 2.75) is 12.5 Å². The minimum absolute atomic E-state index is 0.178. The van der Waals surface area contributed by atoms with E-state index in [2.05, 4.69) is 0 Å². The number of nitrogens with zero attached hydrogens (tertiary/aromatic N) is 1. The molecule has 0 aliphatic carbocycles. The van der Waals surface area contributed by atoms with Crippen LogP contribution in [0, 0.1) is 0 Å².